The smallest absolute Gasteiger partial charge is 0.254 e. The molecular formula is C21H28FN5O2S. The van der Waals surface area contributed by atoms with Crippen molar-refractivity contribution in [1.82, 2.24) is 25.4 Å². The Hall–Kier alpha value is -2.42. The molecule has 1 saturated carbocycles. The first-order chi connectivity index (χ1) is 14.4. The molecule has 30 heavy (non-hydrogen) atoms. The zero-order valence-electron chi connectivity index (χ0n) is 17.4. The number of nitrogens with one attached hydrogen (secondary N) is 2. The highest BCUT2D eigenvalue weighted by atomic mass is 32.2. The molecule has 1 heterocycles. The van der Waals surface area contributed by atoms with Crippen molar-refractivity contribution in [2.75, 3.05) is 5.75 Å². The summed E-state index contributed by atoms with van der Waals surface area (Å²) >= 11 is 1.34. The average molecular weight is 434 g/mol. The summed E-state index contributed by atoms with van der Waals surface area (Å²) in [4.78, 5) is 24.5. The summed E-state index contributed by atoms with van der Waals surface area (Å²) in [6.07, 6.45) is 4.43. The van der Waals surface area contributed by atoms with Crippen molar-refractivity contribution in [3.05, 3.63) is 41.5 Å². The van der Waals surface area contributed by atoms with E-state index in [0.29, 0.717) is 23.4 Å². The molecule has 1 aliphatic rings. The summed E-state index contributed by atoms with van der Waals surface area (Å²) < 4.78 is 15.7. The van der Waals surface area contributed by atoms with Crippen LogP contribution in [0.15, 0.2) is 29.4 Å². The predicted octanol–water partition coefficient (Wildman–Crippen LogP) is 3.15. The number of benzene rings is 1. The van der Waals surface area contributed by atoms with Crippen molar-refractivity contribution in [2.45, 2.75) is 63.8 Å². The minimum Gasteiger partial charge on any atom is -0.353 e. The number of amides is 2. The monoisotopic (exact) mass is 433 g/mol. The third-order valence-corrected chi connectivity index (χ3v) is 5.89. The van der Waals surface area contributed by atoms with E-state index in [1.165, 1.54) is 42.8 Å². The second kappa shape index (κ2) is 10.6. The Bertz CT molecular complexity index is 880. The number of thioether (sulfide) groups is 1. The molecule has 7 nitrogen and oxygen atoms in total. The lowest BCUT2D eigenvalue weighted by Gasteiger charge is -2.14. The average Bonchev–Trinajstić information content (AvgIpc) is 3.34. The van der Waals surface area contributed by atoms with E-state index >= 15 is 0 Å². The van der Waals surface area contributed by atoms with Gasteiger partial charge in [-0.1, -0.05) is 50.6 Å². The van der Waals surface area contributed by atoms with E-state index in [1.807, 2.05) is 4.57 Å². The van der Waals surface area contributed by atoms with Crippen LogP contribution >= 0.6 is 11.8 Å². The van der Waals surface area contributed by atoms with Crippen LogP contribution in [0.1, 0.15) is 55.7 Å². The van der Waals surface area contributed by atoms with Gasteiger partial charge in [-0.3, -0.25) is 9.59 Å². The maximum atomic E-state index is 13.8. The van der Waals surface area contributed by atoms with Gasteiger partial charge in [0, 0.05) is 12.6 Å². The van der Waals surface area contributed by atoms with E-state index in [9.17, 15) is 14.0 Å². The Morgan fingerprint density at radius 1 is 1.23 bits per heavy atom. The van der Waals surface area contributed by atoms with Crippen molar-refractivity contribution in [3.63, 3.8) is 0 Å². The predicted molar refractivity (Wildman–Crippen MR) is 114 cm³/mol. The number of nitrogens with zero attached hydrogens (tertiary/aromatic N) is 3. The molecule has 0 atom stereocenters. The molecule has 2 aromatic rings. The standard InChI is InChI=1S/C21H28FN5O2S/c1-14(2)12-27-18(11-23-20(29)16-9-5-6-10-17(16)22)25-26-21(27)30-13-19(28)24-15-7-3-4-8-15/h5-6,9-10,14-15H,3-4,7-8,11-13H2,1-2H3,(H,23,29)(H,24,28). The van der Waals surface area contributed by atoms with Gasteiger partial charge in [0.15, 0.2) is 11.0 Å². The van der Waals surface area contributed by atoms with Gasteiger partial charge in [-0.15, -0.1) is 10.2 Å². The van der Waals surface area contributed by atoms with Crippen molar-refractivity contribution in [2.24, 2.45) is 5.92 Å². The van der Waals surface area contributed by atoms with E-state index in [1.54, 1.807) is 6.07 Å². The molecule has 162 valence electrons. The number of hydrogen-bond donors (Lipinski definition) is 2. The van der Waals surface area contributed by atoms with Crippen LogP contribution in [0.2, 0.25) is 0 Å². The molecule has 1 fully saturated rings. The molecule has 2 amide bonds. The molecule has 1 aliphatic carbocycles. The minimum atomic E-state index is -0.567. The maximum absolute atomic E-state index is 13.8. The van der Waals surface area contributed by atoms with Crippen LogP contribution in [-0.4, -0.2) is 38.4 Å². The Morgan fingerprint density at radius 2 is 1.97 bits per heavy atom. The largest absolute Gasteiger partial charge is 0.353 e. The van der Waals surface area contributed by atoms with Crippen LogP contribution in [-0.2, 0) is 17.9 Å². The fourth-order valence-corrected chi connectivity index (χ4v) is 4.25. The number of aromatic nitrogens is 3. The number of rotatable bonds is 9. The quantitative estimate of drug-likeness (QED) is 0.593. The molecule has 1 aromatic carbocycles. The highest BCUT2D eigenvalue weighted by Gasteiger charge is 2.20. The topological polar surface area (TPSA) is 88.9 Å². The van der Waals surface area contributed by atoms with Crippen LogP contribution in [0, 0.1) is 11.7 Å². The Labute approximate surface area is 180 Å². The number of hydrogen-bond acceptors (Lipinski definition) is 5. The zero-order chi connectivity index (χ0) is 21.5. The van der Waals surface area contributed by atoms with Crippen LogP contribution in [0.25, 0.3) is 0 Å². The van der Waals surface area contributed by atoms with Crippen LogP contribution in [0.3, 0.4) is 0 Å². The third kappa shape index (κ3) is 6.04. The maximum Gasteiger partial charge on any atom is 0.254 e. The van der Waals surface area contributed by atoms with E-state index in [0.717, 1.165) is 12.8 Å². The fraction of sp³-hybridized carbons (Fsp3) is 0.524. The SMILES string of the molecule is CC(C)Cn1c(CNC(=O)c2ccccc2F)nnc1SCC(=O)NC1CCCC1. The summed E-state index contributed by atoms with van der Waals surface area (Å²) in [6.45, 7) is 4.93. The van der Waals surface area contributed by atoms with Gasteiger partial charge < -0.3 is 15.2 Å². The van der Waals surface area contributed by atoms with Crippen LogP contribution in [0.4, 0.5) is 4.39 Å². The third-order valence-electron chi connectivity index (χ3n) is 4.92. The van der Waals surface area contributed by atoms with Crippen LogP contribution in [0.5, 0.6) is 0 Å². The lowest BCUT2D eigenvalue weighted by molar-refractivity contribution is -0.119. The van der Waals surface area contributed by atoms with E-state index in [-0.39, 0.29) is 29.8 Å². The molecule has 2 N–H and O–H groups in total. The molecule has 0 saturated heterocycles. The zero-order valence-corrected chi connectivity index (χ0v) is 18.2. The highest BCUT2D eigenvalue weighted by Crippen LogP contribution is 2.21. The van der Waals surface area contributed by atoms with Gasteiger partial charge in [-0.05, 0) is 30.9 Å². The molecule has 0 spiro atoms. The van der Waals surface area contributed by atoms with Gasteiger partial charge >= 0.3 is 0 Å². The number of halogens is 1. The van der Waals surface area contributed by atoms with Gasteiger partial charge in [0.1, 0.15) is 5.82 Å². The van der Waals surface area contributed by atoms with Gasteiger partial charge in [0.25, 0.3) is 5.91 Å². The minimum absolute atomic E-state index is 0.000373. The Morgan fingerprint density at radius 3 is 2.67 bits per heavy atom. The first-order valence-corrected chi connectivity index (χ1v) is 11.3. The summed E-state index contributed by atoms with van der Waals surface area (Å²) in [7, 11) is 0. The van der Waals surface area contributed by atoms with E-state index in [2.05, 4.69) is 34.7 Å². The lowest BCUT2D eigenvalue weighted by atomic mass is 10.2. The number of carbonyl (C=O) groups is 2. The highest BCUT2D eigenvalue weighted by molar-refractivity contribution is 7.99. The Balaban J connectivity index is 1.61. The van der Waals surface area contributed by atoms with Gasteiger partial charge in [0.05, 0.1) is 17.9 Å². The summed E-state index contributed by atoms with van der Waals surface area (Å²) in [6, 6.07) is 6.13. The van der Waals surface area contributed by atoms with Gasteiger partial charge in [-0.25, -0.2) is 4.39 Å². The molecular weight excluding hydrogens is 405 g/mol. The van der Waals surface area contributed by atoms with Crippen molar-refractivity contribution >= 4 is 23.6 Å². The lowest BCUT2D eigenvalue weighted by Crippen LogP contribution is -2.33. The molecule has 3 rings (SSSR count). The van der Waals surface area contributed by atoms with Crippen molar-refractivity contribution in [3.8, 4) is 0 Å². The molecule has 0 unspecified atom stereocenters. The summed E-state index contributed by atoms with van der Waals surface area (Å²) in [5, 5.41) is 14.8. The molecule has 0 radical (unpaired) electrons. The second-order valence-corrected chi connectivity index (χ2v) is 8.85. The normalized spacial score (nSPS) is 14.3. The Kier molecular flexibility index (Phi) is 7.84. The molecule has 9 heteroatoms. The molecule has 0 aliphatic heterocycles. The first-order valence-electron chi connectivity index (χ1n) is 10.3. The first kappa shape index (κ1) is 22.3. The second-order valence-electron chi connectivity index (χ2n) is 7.90. The van der Waals surface area contributed by atoms with E-state index < -0.39 is 11.7 Å². The summed E-state index contributed by atoms with van der Waals surface area (Å²) in [5.41, 5.74) is -0.00870. The number of carbonyl (C=O) groups excluding carboxylic acids is 2. The van der Waals surface area contributed by atoms with E-state index in [4.69, 9.17) is 0 Å². The van der Waals surface area contributed by atoms with Gasteiger partial charge in [-0.2, -0.15) is 0 Å². The van der Waals surface area contributed by atoms with Crippen LogP contribution < -0.4 is 10.6 Å². The fourth-order valence-electron chi connectivity index (χ4n) is 3.47. The summed E-state index contributed by atoms with van der Waals surface area (Å²) in [5.74, 6) is 0.107. The molecule has 0 bridgehead atoms. The van der Waals surface area contributed by atoms with Gasteiger partial charge in [0.2, 0.25) is 5.91 Å². The van der Waals surface area contributed by atoms with Crippen molar-refractivity contribution in [1.29, 1.82) is 0 Å². The molecule has 1 aromatic heterocycles. The van der Waals surface area contributed by atoms with Crippen molar-refractivity contribution < 1.29 is 14.0 Å².